The summed E-state index contributed by atoms with van der Waals surface area (Å²) in [5.41, 5.74) is 1.43. The molecule has 1 amide bonds. The van der Waals surface area contributed by atoms with Crippen molar-refractivity contribution >= 4 is 17.4 Å². The first-order valence-electron chi connectivity index (χ1n) is 8.10. The monoisotopic (exact) mass is 327 g/mol. The standard InChI is InChI=1S/C18H21N3O3/c1-2-24-16-6-4-3-5-15(16)20-17-8-7-14(13-19-17)18(22)21-9-11-23-12-10-21/h3-8,13H,2,9-12H2,1H3,(H,19,20). The topological polar surface area (TPSA) is 63.7 Å². The molecule has 1 aliphatic rings. The zero-order chi connectivity index (χ0) is 16.8. The van der Waals surface area contributed by atoms with Gasteiger partial charge in [-0.2, -0.15) is 0 Å². The van der Waals surface area contributed by atoms with E-state index < -0.39 is 0 Å². The zero-order valence-corrected chi connectivity index (χ0v) is 13.7. The third-order valence-electron chi connectivity index (χ3n) is 3.76. The maximum absolute atomic E-state index is 12.4. The molecule has 1 N–H and O–H groups in total. The van der Waals surface area contributed by atoms with E-state index >= 15 is 0 Å². The molecular formula is C18H21N3O3. The van der Waals surface area contributed by atoms with Crippen LogP contribution in [-0.4, -0.2) is 48.7 Å². The number of benzene rings is 1. The van der Waals surface area contributed by atoms with Gasteiger partial charge in [-0.05, 0) is 31.2 Å². The first-order valence-corrected chi connectivity index (χ1v) is 8.10. The highest BCUT2D eigenvalue weighted by molar-refractivity contribution is 5.94. The van der Waals surface area contributed by atoms with Crippen LogP contribution in [0.25, 0.3) is 0 Å². The Morgan fingerprint density at radius 2 is 2.04 bits per heavy atom. The van der Waals surface area contributed by atoms with Crippen molar-refractivity contribution in [3.8, 4) is 5.75 Å². The van der Waals surface area contributed by atoms with Gasteiger partial charge in [-0.1, -0.05) is 12.1 Å². The zero-order valence-electron chi connectivity index (χ0n) is 13.7. The molecule has 2 heterocycles. The first kappa shape index (κ1) is 16.3. The van der Waals surface area contributed by atoms with E-state index in [-0.39, 0.29) is 5.91 Å². The summed E-state index contributed by atoms with van der Waals surface area (Å²) in [7, 11) is 0. The predicted molar refractivity (Wildman–Crippen MR) is 91.9 cm³/mol. The molecule has 0 aliphatic carbocycles. The Morgan fingerprint density at radius 1 is 1.25 bits per heavy atom. The summed E-state index contributed by atoms with van der Waals surface area (Å²) in [6.07, 6.45) is 1.60. The maximum Gasteiger partial charge on any atom is 0.255 e. The van der Waals surface area contributed by atoms with Crippen LogP contribution < -0.4 is 10.1 Å². The van der Waals surface area contributed by atoms with Crippen LogP contribution in [0.1, 0.15) is 17.3 Å². The number of rotatable bonds is 5. The van der Waals surface area contributed by atoms with E-state index in [0.717, 1.165) is 11.4 Å². The van der Waals surface area contributed by atoms with Gasteiger partial charge in [0.25, 0.3) is 5.91 Å². The number of morpholine rings is 1. The number of anilines is 2. The highest BCUT2D eigenvalue weighted by Gasteiger charge is 2.18. The van der Waals surface area contributed by atoms with Crippen molar-refractivity contribution < 1.29 is 14.3 Å². The van der Waals surface area contributed by atoms with Crippen molar-refractivity contribution in [1.29, 1.82) is 0 Å². The molecule has 1 fully saturated rings. The fraction of sp³-hybridized carbons (Fsp3) is 0.333. The lowest BCUT2D eigenvalue weighted by molar-refractivity contribution is 0.0302. The van der Waals surface area contributed by atoms with Gasteiger partial charge in [0, 0.05) is 19.3 Å². The van der Waals surface area contributed by atoms with E-state index in [2.05, 4.69) is 10.3 Å². The number of amides is 1. The molecule has 0 spiro atoms. The highest BCUT2D eigenvalue weighted by atomic mass is 16.5. The number of nitrogens with one attached hydrogen (secondary N) is 1. The van der Waals surface area contributed by atoms with Gasteiger partial charge in [0.1, 0.15) is 11.6 Å². The summed E-state index contributed by atoms with van der Waals surface area (Å²) in [6, 6.07) is 11.3. The highest BCUT2D eigenvalue weighted by Crippen LogP contribution is 2.26. The molecule has 126 valence electrons. The van der Waals surface area contributed by atoms with Crippen LogP contribution in [-0.2, 0) is 4.74 Å². The Bertz CT molecular complexity index is 682. The Labute approximate surface area is 141 Å². The van der Waals surface area contributed by atoms with Crippen LogP contribution in [0.15, 0.2) is 42.6 Å². The molecule has 6 heteroatoms. The van der Waals surface area contributed by atoms with E-state index in [1.54, 1.807) is 23.2 Å². The Hall–Kier alpha value is -2.60. The number of nitrogens with zero attached hydrogens (tertiary/aromatic N) is 2. The molecule has 6 nitrogen and oxygen atoms in total. The van der Waals surface area contributed by atoms with E-state index in [1.807, 2.05) is 31.2 Å². The van der Waals surface area contributed by atoms with Gasteiger partial charge in [0.2, 0.25) is 0 Å². The van der Waals surface area contributed by atoms with Gasteiger partial charge in [-0.3, -0.25) is 4.79 Å². The molecule has 1 aromatic heterocycles. The van der Waals surface area contributed by atoms with Gasteiger partial charge < -0.3 is 19.7 Å². The average Bonchev–Trinajstić information content (AvgIpc) is 2.64. The molecule has 24 heavy (non-hydrogen) atoms. The number of para-hydroxylation sites is 2. The molecule has 0 radical (unpaired) electrons. The minimum atomic E-state index is -0.00735. The fourth-order valence-corrected chi connectivity index (χ4v) is 2.53. The third kappa shape index (κ3) is 3.83. The second kappa shape index (κ2) is 7.79. The second-order valence-corrected chi connectivity index (χ2v) is 5.39. The molecule has 0 saturated carbocycles. The minimum Gasteiger partial charge on any atom is -0.492 e. The lowest BCUT2D eigenvalue weighted by atomic mass is 10.2. The number of carbonyl (C=O) groups excluding carboxylic acids is 1. The molecule has 1 aliphatic heterocycles. The van der Waals surface area contributed by atoms with Crippen molar-refractivity contribution in [3.63, 3.8) is 0 Å². The molecule has 0 bridgehead atoms. The van der Waals surface area contributed by atoms with Crippen LogP contribution >= 0.6 is 0 Å². The molecule has 1 aromatic carbocycles. The molecular weight excluding hydrogens is 306 g/mol. The van der Waals surface area contributed by atoms with E-state index in [1.165, 1.54) is 0 Å². The molecule has 1 saturated heterocycles. The summed E-state index contributed by atoms with van der Waals surface area (Å²) in [6.45, 7) is 4.97. The van der Waals surface area contributed by atoms with Crippen LogP contribution in [0.4, 0.5) is 11.5 Å². The number of hydrogen-bond donors (Lipinski definition) is 1. The van der Waals surface area contributed by atoms with Crippen LogP contribution in [0.2, 0.25) is 0 Å². The largest absolute Gasteiger partial charge is 0.492 e. The number of hydrogen-bond acceptors (Lipinski definition) is 5. The molecule has 0 atom stereocenters. The van der Waals surface area contributed by atoms with E-state index in [4.69, 9.17) is 9.47 Å². The summed E-state index contributed by atoms with van der Waals surface area (Å²) in [5.74, 6) is 1.43. The maximum atomic E-state index is 12.4. The lowest BCUT2D eigenvalue weighted by Crippen LogP contribution is -2.40. The quantitative estimate of drug-likeness (QED) is 0.915. The number of pyridine rings is 1. The second-order valence-electron chi connectivity index (χ2n) is 5.39. The van der Waals surface area contributed by atoms with Crippen molar-refractivity contribution in [2.45, 2.75) is 6.92 Å². The summed E-state index contributed by atoms with van der Waals surface area (Å²) in [4.78, 5) is 18.5. The average molecular weight is 327 g/mol. The fourth-order valence-electron chi connectivity index (χ4n) is 2.53. The smallest absolute Gasteiger partial charge is 0.255 e. The van der Waals surface area contributed by atoms with Gasteiger partial charge in [-0.25, -0.2) is 4.98 Å². The van der Waals surface area contributed by atoms with Gasteiger partial charge in [0.15, 0.2) is 0 Å². The number of carbonyl (C=O) groups is 1. The van der Waals surface area contributed by atoms with Gasteiger partial charge in [-0.15, -0.1) is 0 Å². The van der Waals surface area contributed by atoms with Gasteiger partial charge in [0.05, 0.1) is 31.1 Å². The normalized spacial score (nSPS) is 14.3. The number of ether oxygens (including phenoxy) is 2. The van der Waals surface area contributed by atoms with Crippen LogP contribution in [0.3, 0.4) is 0 Å². The van der Waals surface area contributed by atoms with Crippen molar-refractivity contribution in [2.75, 3.05) is 38.2 Å². The van der Waals surface area contributed by atoms with Crippen LogP contribution in [0, 0.1) is 0 Å². The van der Waals surface area contributed by atoms with E-state index in [0.29, 0.717) is 44.3 Å². The Balaban J connectivity index is 1.69. The minimum absolute atomic E-state index is 0.00735. The first-order chi connectivity index (χ1) is 11.8. The van der Waals surface area contributed by atoms with Gasteiger partial charge >= 0.3 is 0 Å². The summed E-state index contributed by atoms with van der Waals surface area (Å²) < 4.78 is 10.9. The molecule has 2 aromatic rings. The van der Waals surface area contributed by atoms with Crippen molar-refractivity contribution in [2.24, 2.45) is 0 Å². The Morgan fingerprint density at radius 3 is 2.75 bits per heavy atom. The summed E-state index contributed by atoms with van der Waals surface area (Å²) >= 11 is 0. The predicted octanol–water partition coefficient (Wildman–Crippen LogP) is 2.70. The van der Waals surface area contributed by atoms with Crippen molar-refractivity contribution in [3.05, 3.63) is 48.2 Å². The van der Waals surface area contributed by atoms with Crippen LogP contribution in [0.5, 0.6) is 5.75 Å². The summed E-state index contributed by atoms with van der Waals surface area (Å²) in [5, 5.41) is 3.22. The number of aromatic nitrogens is 1. The Kier molecular flexibility index (Phi) is 5.28. The van der Waals surface area contributed by atoms with Crippen molar-refractivity contribution in [1.82, 2.24) is 9.88 Å². The third-order valence-corrected chi connectivity index (χ3v) is 3.76. The molecule has 0 unspecified atom stereocenters. The molecule has 3 rings (SSSR count). The SMILES string of the molecule is CCOc1ccccc1Nc1ccc(C(=O)N2CCOCC2)cn1. The van der Waals surface area contributed by atoms with E-state index in [9.17, 15) is 4.79 Å². The lowest BCUT2D eigenvalue weighted by Gasteiger charge is -2.26.